The molecule has 4 N–H and O–H groups in total. The quantitative estimate of drug-likeness (QED) is 0.216. The van der Waals surface area contributed by atoms with Crippen molar-refractivity contribution in [1.82, 2.24) is 15.2 Å². The lowest BCUT2D eigenvalue weighted by Gasteiger charge is -2.49. The standard InChI is InChI=1S/C19H18N6O5S2/c1-30-23-12(11-9-32-19(20)21-11)15(26)22-13-16(27)25-14(18(28)29)10(8-31-17(13)25)7-24-5-3-2-4-6-24/h2-6,9,13,17H,7-8H2,1H3,(H3-,20,21,22,26,28,29)/p+1/b23-12+/t13-,17-/m1/s1. The maximum Gasteiger partial charge on any atom is 0.352 e. The number of anilines is 1. The lowest BCUT2D eigenvalue weighted by atomic mass is 10.0. The number of aromatic nitrogens is 2. The van der Waals surface area contributed by atoms with Gasteiger partial charge in [0.2, 0.25) is 0 Å². The molecule has 1 fully saturated rings. The molecule has 4 rings (SSSR count). The number of carboxylic acid groups (broad SMARTS) is 1. The minimum atomic E-state index is -1.18. The van der Waals surface area contributed by atoms with Crippen molar-refractivity contribution in [2.75, 3.05) is 18.6 Å². The van der Waals surface area contributed by atoms with Crippen LogP contribution < -0.4 is 15.6 Å². The Bertz CT molecular complexity index is 1130. The molecule has 32 heavy (non-hydrogen) atoms. The van der Waals surface area contributed by atoms with E-state index in [-0.39, 0.29) is 22.2 Å². The van der Waals surface area contributed by atoms with Crippen molar-refractivity contribution in [3.05, 3.63) is 52.9 Å². The molecule has 2 aromatic heterocycles. The van der Waals surface area contributed by atoms with Crippen molar-refractivity contribution < 1.29 is 28.9 Å². The van der Waals surface area contributed by atoms with Gasteiger partial charge in [-0.1, -0.05) is 11.2 Å². The summed E-state index contributed by atoms with van der Waals surface area (Å²) in [6.07, 6.45) is 3.65. The number of fused-ring (bicyclic) bond motifs is 1. The van der Waals surface area contributed by atoms with E-state index in [1.54, 1.807) is 5.38 Å². The normalized spacial score (nSPS) is 20.5. The molecule has 0 spiro atoms. The molecule has 2 atom stereocenters. The maximum absolute atomic E-state index is 12.9. The van der Waals surface area contributed by atoms with Gasteiger partial charge < -0.3 is 21.0 Å². The average Bonchev–Trinajstić information content (AvgIpc) is 3.21. The van der Waals surface area contributed by atoms with Crippen molar-refractivity contribution in [2.24, 2.45) is 5.16 Å². The predicted octanol–water partition coefficient (Wildman–Crippen LogP) is -0.198. The Morgan fingerprint density at radius 3 is 2.78 bits per heavy atom. The van der Waals surface area contributed by atoms with Crippen molar-refractivity contribution in [3.63, 3.8) is 0 Å². The van der Waals surface area contributed by atoms with Gasteiger partial charge in [0.05, 0.1) is 0 Å². The second kappa shape index (κ2) is 8.96. The van der Waals surface area contributed by atoms with Gasteiger partial charge in [-0.25, -0.2) is 14.3 Å². The summed E-state index contributed by atoms with van der Waals surface area (Å²) in [6, 6.07) is 4.65. The molecule has 2 aliphatic heterocycles. The van der Waals surface area contributed by atoms with Crippen LogP contribution in [-0.4, -0.2) is 62.8 Å². The van der Waals surface area contributed by atoms with E-state index in [4.69, 9.17) is 10.6 Å². The van der Waals surface area contributed by atoms with E-state index in [1.165, 1.54) is 23.8 Å². The molecule has 166 valence electrons. The lowest BCUT2D eigenvalue weighted by molar-refractivity contribution is -0.689. The number of nitrogen functional groups attached to an aromatic ring is 1. The molecule has 11 nitrogen and oxygen atoms in total. The summed E-state index contributed by atoms with van der Waals surface area (Å²) < 4.78 is 1.84. The molecule has 0 saturated carbocycles. The van der Waals surface area contributed by atoms with Crippen LogP contribution in [0.4, 0.5) is 5.13 Å². The highest BCUT2D eigenvalue weighted by molar-refractivity contribution is 8.00. The summed E-state index contributed by atoms with van der Waals surface area (Å²) in [7, 11) is 1.28. The number of thiazole rings is 1. The Balaban J connectivity index is 1.53. The largest absolute Gasteiger partial charge is 0.477 e. The number of rotatable bonds is 7. The second-order valence-electron chi connectivity index (χ2n) is 6.86. The highest BCUT2D eigenvalue weighted by Gasteiger charge is 2.54. The van der Waals surface area contributed by atoms with Crippen molar-refractivity contribution in [1.29, 1.82) is 0 Å². The van der Waals surface area contributed by atoms with Crippen LogP contribution >= 0.6 is 23.1 Å². The van der Waals surface area contributed by atoms with Crippen molar-refractivity contribution >= 4 is 51.7 Å². The number of pyridine rings is 1. The number of amides is 2. The number of nitrogens with two attached hydrogens (primary N) is 1. The third kappa shape index (κ3) is 4.03. The first-order valence-corrected chi connectivity index (χ1v) is 11.3. The number of nitrogens with one attached hydrogen (secondary N) is 1. The molecule has 2 amide bonds. The zero-order valence-corrected chi connectivity index (χ0v) is 18.4. The first-order chi connectivity index (χ1) is 15.4. The first-order valence-electron chi connectivity index (χ1n) is 9.38. The minimum Gasteiger partial charge on any atom is -0.477 e. The van der Waals surface area contributed by atoms with E-state index in [1.807, 2.05) is 35.2 Å². The summed E-state index contributed by atoms with van der Waals surface area (Å²) >= 11 is 2.53. The third-order valence-corrected chi connectivity index (χ3v) is 6.86. The molecular weight excluding hydrogens is 456 g/mol. The Kier molecular flexibility index (Phi) is 6.10. The summed E-state index contributed by atoms with van der Waals surface area (Å²) in [5.74, 6) is -1.94. The van der Waals surface area contributed by atoms with E-state index in [9.17, 15) is 19.5 Å². The number of aliphatic carboxylic acids is 1. The number of carbonyl (C=O) groups is 3. The Morgan fingerprint density at radius 1 is 1.41 bits per heavy atom. The van der Waals surface area contributed by atoms with E-state index >= 15 is 0 Å². The molecular formula is C19H19N6O5S2+. The van der Waals surface area contributed by atoms with Crippen LogP contribution in [0.15, 0.2) is 52.4 Å². The van der Waals surface area contributed by atoms with Gasteiger partial charge in [0.15, 0.2) is 29.8 Å². The van der Waals surface area contributed by atoms with Gasteiger partial charge in [-0.2, -0.15) is 0 Å². The smallest absolute Gasteiger partial charge is 0.352 e. The highest BCUT2D eigenvalue weighted by Crippen LogP contribution is 2.40. The molecule has 0 aromatic carbocycles. The number of carboxylic acids is 1. The summed E-state index contributed by atoms with van der Waals surface area (Å²) in [6.45, 7) is 0.346. The fourth-order valence-corrected chi connectivity index (χ4v) is 5.35. The Morgan fingerprint density at radius 2 is 2.16 bits per heavy atom. The van der Waals surface area contributed by atoms with Gasteiger partial charge in [-0.05, 0) is 0 Å². The molecule has 2 aliphatic rings. The SMILES string of the molecule is CO/N=C(/C(=O)N[C@@H]1C(=O)N2C(C(=O)O)=C(C[n+]3ccccc3)CS[C@H]12)c1csc(N)n1. The zero-order chi connectivity index (χ0) is 22.8. The molecule has 4 heterocycles. The van der Waals surface area contributed by atoms with Gasteiger partial charge in [-0.15, -0.1) is 23.1 Å². The van der Waals surface area contributed by atoms with Crippen LogP contribution in [0.2, 0.25) is 0 Å². The predicted molar refractivity (Wildman–Crippen MR) is 116 cm³/mol. The van der Waals surface area contributed by atoms with Crippen molar-refractivity contribution in [2.45, 2.75) is 18.0 Å². The number of thioether (sulfide) groups is 1. The van der Waals surface area contributed by atoms with E-state index in [0.717, 1.165) is 11.3 Å². The number of hydrogen-bond donors (Lipinski definition) is 3. The van der Waals surface area contributed by atoms with Crippen LogP contribution in [-0.2, 0) is 25.8 Å². The van der Waals surface area contributed by atoms with E-state index in [2.05, 4.69) is 15.5 Å². The Labute approximate surface area is 190 Å². The summed E-state index contributed by atoms with van der Waals surface area (Å²) in [5.41, 5.74) is 6.30. The van der Waals surface area contributed by atoms with Crippen LogP contribution in [0, 0.1) is 0 Å². The number of oxime groups is 1. The molecule has 1 saturated heterocycles. The van der Waals surface area contributed by atoms with Gasteiger partial charge >= 0.3 is 5.97 Å². The zero-order valence-electron chi connectivity index (χ0n) is 16.8. The summed E-state index contributed by atoms with van der Waals surface area (Å²) in [5, 5.41) is 17.4. The van der Waals surface area contributed by atoms with Gasteiger partial charge in [0.1, 0.15) is 29.9 Å². The van der Waals surface area contributed by atoms with E-state index < -0.39 is 29.2 Å². The maximum atomic E-state index is 12.9. The van der Waals surface area contributed by atoms with Crippen LogP contribution in [0.1, 0.15) is 5.69 Å². The molecule has 0 aliphatic carbocycles. The van der Waals surface area contributed by atoms with Crippen LogP contribution in [0.5, 0.6) is 0 Å². The minimum absolute atomic E-state index is 0.0429. The van der Waals surface area contributed by atoms with Gasteiger partial charge in [0, 0.05) is 28.8 Å². The number of β-lactam (4-membered cyclic amide) rings is 1. The monoisotopic (exact) mass is 475 g/mol. The van der Waals surface area contributed by atoms with E-state index in [0.29, 0.717) is 17.9 Å². The number of nitrogens with zero attached hydrogens (tertiary/aromatic N) is 4. The highest BCUT2D eigenvalue weighted by atomic mass is 32.2. The van der Waals surface area contributed by atoms with Gasteiger partial charge in [-0.3, -0.25) is 14.5 Å². The lowest BCUT2D eigenvalue weighted by Crippen LogP contribution is -2.71. The number of hydrogen-bond acceptors (Lipinski definition) is 9. The first kappa shape index (κ1) is 21.8. The fourth-order valence-electron chi connectivity index (χ4n) is 3.47. The number of carbonyl (C=O) groups excluding carboxylic acids is 2. The van der Waals surface area contributed by atoms with Crippen molar-refractivity contribution in [3.8, 4) is 0 Å². The molecule has 0 radical (unpaired) electrons. The molecule has 13 heteroatoms. The molecule has 0 bridgehead atoms. The third-order valence-electron chi connectivity index (χ3n) is 4.85. The van der Waals surface area contributed by atoms with Crippen LogP contribution in [0.3, 0.4) is 0 Å². The molecule has 0 unspecified atom stereocenters. The topological polar surface area (TPSA) is 151 Å². The average molecular weight is 476 g/mol. The van der Waals surface area contributed by atoms with Gasteiger partial charge in [0.25, 0.3) is 11.8 Å². The molecule has 2 aromatic rings. The summed E-state index contributed by atoms with van der Waals surface area (Å²) in [4.78, 5) is 47.6. The van der Waals surface area contributed by atoms with Crippen LogP contribution in [0.25, 0.3) is 0 Å². The Hall–Kier alpha value is -3.45. The fraction of sp³-hybridized carbons (Fsp3) is 0.263. The second-order valence-corrected chi connectivity index (χ2v) is 8.85.